The molecule has 2 nitrogen and oxygen atoms in total. The number of hydrogen-bond acceptors (Lipinski definition) is 2. The van der Waals surface area contributed by atoms with Crippen LogP contribution in [0.2, 0.25) is 0 Å². The average Bonchev–Trinajstić information content (AvgIpc) is 1.86. The summed E-state index contributed by atoms with van der Waals surface area (Å²) in [6.07, 6.45) is 0. The molecule has 1 aliphatic rings. The molecule has 0 fully saturated rings. The van der Waals surface area contributed by atoms with Gasteiger partial charge in [-0.25, -0.2) is 4.99 Å². The van der Waals surface area contributed by atoms with Gasteiger partial charge in [-0.3, -0.25) is 0 Å². The molecular weight excluding hydrogens is 85.0 g/mol. The number of ether oxygens (including phenoxy) is 1. The van der Waals surface area contributed by atoms with Crippen molar-refractivity contribution in [3.63, 3.8) is 0 Å². The minimum atomic E-state index is -0.394. The first kappa shape index (κ1) is 3.74. The predicted octanol–water partition coefficient (Wildman–Crippen LogP) is 0.342. The van der Waals surface area contributed by atoms with Crippen LogP contribution in [0.5, 0.6) is 0 Å². The minimum Gasteiger partial charge on any atom is -0.350 e. The van der Waals surface area contributed by atoms with Gasteiger partial charge in [0.15, 0.2) is 0 Å². The Hall–Kier alpha value is -0.440. The Kier molecular flexibility index (Phi) is 0.837. The van der Waals surface area contributed by atoms with Crippen LogP contribution in [0.1, 0.15) is 0 Å². The second-order valence-corrected chi connectivity index (χ2v) is 1.01. The Morgan fingerprint density at radius 2 is 2.67 bits per heavy atom. The molecule has 0 N–H and O–H groups in total. The van der Waals surface area contributed by atoms with Crippen molar-refractivity contribution >= 4 is 5.97 Å². The second kappa shape index (κ2) is 1.34. The van der Waals surface area contributed by atoms with E-state index in [1.807, 2.05) is 0 Å². The lowest BCUT2D eigenvalue weighted by Gasteiger charge is -1.76. The molecule has 1 rings (SSSR count). The number of nitrogens with zero attached hydrogens (tertiary/aromatic N) is 1. The Labute approximate surface area is 34.6 Å². The van der Waals surface area contributed by atoms with Gasteiger partial charge in [0, 0.05) is 0 Å². The van der Waals surface area contributed by atoms with Crippen molar-refractivity contribution in [2.24, 2.45) is 4.99 Å². The summed E-state index contributed by atoms with van der Waals surface area (Å²) in [5.41, 5.74) is 0. The zero-order valence-corrected chi connectivity index (χ0v) is 3.15. The maximum Gasteiger partial charge on any atom is 0.212 e. The fraction of sp³-hybridized carbons (Fsp3) is 0.667. The van der Waals surface area contributed by atoms with E-state index in [1.54, 1.807) is 0 Å². The van der Waals surface area contributed by atoms with Gasteiger partial charge in [-0.05, 0) is 0 Å². The lowest BCUT2D eigenvalue weighted by molar-refractivity contribution is 0.200. The van der Waals surface area contributed by atoms with E-state index in [4.69, 9.17) is 0 Å². The van der Waals surface area contributed by atoms with Gasteiger partial charge >= 0.3 is 0 Å². The molecule has 0 radical (unpaired) electrons. The molecule has 0 saturated carbocycles. The van der Waals surface area contributed by atoms with Crippen molar-refractivity contribution in [2.45, 2.75) is 0 Å². The third-order valence-electron chi connectivity index (χ3n) is 0.549. The number of hydrogen-bond donors (Lipinski definition) is 0. The largest absolute Gasteiger partial charge is 0.350 e. The fourth-order valence-corrected chi connectivity index (χ4v) is 0.291. The van der Waals surface area contributed by atoms with E-state index in [0.717, 1.165) is 0 Å². The van der Waals surface area contributed by atoms with Crippen molar-refractivity contribution in [1.82, 2.24) is 0 Å². The van der Waals surface area contributed by atoms with Crippen molar-refractivity contribution < 1.29 is 9.13 Å². The molecule has 0 aromatic heterocycles. The highest BCUT2D eigenvalue weighted by atomic mass is 19.1. The molecule has 0 aromatic rings. The van der Waals surface area contributed by atoms with Crippen molar-refractivity contribution in [3.05, 3.63) is 0 Å². The standard InChI is InChI=1S/C3H4FNO/c4-3-1-6-2-5-3/h1-2H2. The van der Waals surface area contributed by atoms with E-state index < -0.39 is 5.97 Å². The van der Waals surface area contributed by atoms with Gasteiger partial charge in [-0.15, -0.1) is 0 Å². The Morgan fingerprint density at radius 1 is 1.83 bits per heavy atom. The molecule has 1 aliphatic heterocycles. The van der Waals surface area contributed by atoms with E-state index in [0.29, 0.717) is 0 Å². The summed E-state index contributed by atoms with van der Waals surface area (Å²) in [7, 11) is 0. The maximum absolute atomic E-state index is 11.5. The topological polar surface area (TPSA) is 21.6 Å². The summed E-state index contributed by atoms with van der Waals surface area (Å²) in [4.78, 5) is 3.26. The zero-order valence-electron chi connectivity index (χ0n) is 3.15. The van der Waals surface area contributed by atoms with Crippen LogP contribution in [-0.4, -0.2) is 19.3 Å². The number of halogens is 1. The molecule has 0 spiro atoms. The molecule has 34 valence electrons. The van der Waals surface area contributed by atoms with E-state index in [2.05, 4.69) is 9.73 Å². The highest BCUT2D eigenvalue weighted by Crippen LogP contribution is 1.91. The lowest BCUT2D eigenvalue weighted by Crippen LogP contribution is -1.89. The zero-order chi connectivity index (χ0) is 4.41. The summed E-state index contributed by atoms with van der Waals surface area (Å²) in [5, 5.41) is 0. The van der Waals surface area contributed by atoms with Crippen LogP contribution in [0.25, 0.3) is 0 Å². The number of aliphatic imine (C=N–C) groups is 1. The van der Waals surface area contributed by atoms with Crippen LogP contribution in [-0.2, 0) is 4.74 Å². The Balaban J connectivity index is 2.45. The van der Waals surface area contributed by atoms with Crippen molar-refractivity contribution in [3.8, 4) is 0 Å². The monoisotopic (exact) mass is 89.0 g/mol. The lowest BCUT2D eigenvalue weighted by atomic mass is 10.8. The molecule has 0 aromatic carbocycles. The van der Waals surface area contributed by atoms with Crippen LogP contribution in [0, 0.1) is 0 Å². The number of rotatable bonds is 0. The SMILES string of the molecule is FC1=NCOC1. The molecule has 0 bridgehead atoms. The van der Waals surface area contributed by atoms with Gasteiger partial charge in [-0.1, -0.05) is 0 Å². The summed E-state index contributed by atoms with van der Waals surface area (Å²) >= 11 is 0. The van der Waals surface area contributed by atoms with Crippen LogP contribution >= 0.6 is 0 Å². The third kappa shape index (κ3) is 0.542. The van der Waals surface area contributed by atoms with Gasteiger partial charge in [0.05, 0.1) is 0 Å². The molecule has 0 saturated heterocycles. The summed E-state index contributed by atoms with van der Waals surface area (Å²) < 4.78 is 16.0. The van der Waals surface area contributed by atoms with E-state index >= 15 is 0 Å². The Bertz CT molecular complexity index is 80.9. The van der Waals surface area contributed by atoms with Crippen LogP contribution in [0.15, 0.2) is 4.99 Å². The smallest absolute Gasteiger partial charge is 0.212 e. The van der Waals surface area contributed by atoms with E-state index in [1.165, 1.54) is 0 Å². The molecule has 3 heteroatoms. The quantitative estimate of drug-likeness (QED) is 0.419. The highest BCUT2D eigenvalue weighted by Gasteiger charge is 2.01. The first-order valence-corrected chi connectivity index (χ1v) is 1.66. The van der Waals surface area contributed by atoms with E-state index in [9.17, 15) is 4.39 Å². The normalized spacial score (nSPS) is 21.2. The van der Waals surface area contributed by atoms with Gasteiger partial charge in [0.2, 0.25) is 5.97 Å². The van der Waals surface area contributed by atoms with Gasteiger partial charge in [0.25, 0.3) is 0 Å². The van der Waals surface area contributed by atoms with Crippen LogP contribution < -0.4 is 0 Å². The van der Waals surface area contributed by atoms with Gasteiger partial charge in [0.1, 0.15) is 13.3 Å². The van der Waals surface area contributed by atoms with Crippen molar-refractivity contribution in [1.29, 1.82) is 0 Å². The molecular formula is C3H4FNO. The van der Waals surface area contributed by atoms with Gasteiger partial charge < -0.3 is 4.74 Å². The highest BCUT2D eigenvalue weighted by molar-refractivity contribution is 5.76. The molecule has 0 atom stereocenters. The molecule has 1 heterocycles. The second-order valence-electron chi connectivity index (χ2n) is 1.01. The summed E-state index contributed by atoms with van der Waals surface area (Å²) in [6.45, 7) is 0.270. The Morgan fingerprint density at radius 3 is 2.83 bits per heavy atom. The van der Waals surface area contributed by atoms with Crippen LogP contribution in [0.4, 0.5) is 4.39 Å². The molecule has 0 amide bonds. The van der Waals surface area contributed by atoms with Gasteiger partial charge in [-0.2, -0.15) is 4.39 Å². The predicted molar refractivity (Wildman–Crippen MR) is 19.4 cm³/mol. The average molecular weight is 89.1 g/mol. The molecule has 0 unspecified atom stereocenters. The summed E-state index contributed by atoms with van der Waals surface area (Å²) in [6, 6.07) is 0. The third-order valence-corrected chi connectivity index (χ3v) is 0.549. The van der Waals surface area contributed by atoms with Crippen molar-refractivity contribution in [2.75, 3.05) is 13.3 Å². The maximum atomic E-state index is 11.5. The van der Waals surface area contributed by atoms with E-state index in [-0.39, 0.29) is 13.3 Å². The summed E-state index contributed by atoms with van der Waals surface area (Å²) in [5.74, 6) is -0.394. The van der Waals surface area contributed by atoms with Crippen LogP contribution in [0.3, 0.4) is 0 Å². The molecule has 6 heavy (non-hydrogen) atoms. The fourth-order valence-electron chi connectivity index (χ4n) is 0.291. The minimum absolute atomic E-state index is 0.0694. The first-order valence-electron chi connectivity index (χ1n) is 1.66. The first-order chi connectivity index (χ1) is 2.89. The molecule has 0 aliphatic carbocycles.